The predicted molar refractivity (Wildman–Crippen MR) is 129 cm³/mol. The van der Waals surface area contributed by atoms with E-state index in [-0.39, 0.29) is 10.8 Å². The van der Waals surface area contributed by atoms with Crippen molar-refractivity contribution in [3.63, 3.8) is 0 Å². The van der Waals surface area contributed by atoms with Crippen molar-refractivity contribution < 1.29 is 17.9 Å². The van der Waals surface area contributed by atoms with Crippen molar-refractivity contribution in [1.29, 1.82) is 0 Å². The number of aromatic nitrogens is 2. The Morgan fingerprint density at radius 2 is 1.85 bits per heavy atom. The molecular weight excluding hydrogens is 460 g/mol. The van der Waals surface area contributed by atoms with Gasteiger partial charge >= 0.3 is 0 Å². The molecule has 0 aliphatic carbocycles. The second kappa shape index (κ2) is 9.84. The molecule has 1 aliphatic heterocycles. The van der Waals surface area contributed by atoms with Gasteiger partial charge in [0.15, 0.2) is 5.16 Å². The molecule has 1 unspecified atom stereocenters. The molecule has 1 fully saturated rings. The lowest BCUT2D eigenvalue weighted by Gasteiger charge is -2.26. The highest BCUT2D eigenvalue weighted by atomic mass is 32.2. The number of morpholine rings is 1. The van der Waals surface area contributed by atoms with Gasteiger partial charge in [-0.2, -0.15) is 4.31 Å². The Balaban J connectivity index is 1.72. The van der Waals surface area contributed by atoms with E-state index in [4.69, 9.17) is 9.72 Å². The van der Waals surface area contributed by atoms with Crippen LogP contribution in [0.1, 0.15) is 17.7 Å². The van der Waals surface area contributed by atoms with E-state index in [0.29, 0.717) is 43.5 Å². The predicted octanol–water partition coefficient (Wildman–Crippen LogP) is 3.00. The zero-order valence-corrected chi connectivity index (χ0v) is 20.6. The van der Waals surface area contributed by atoms with Gasteiger partial charge < -0.3 is 14.2 Å². The van der Waals surface area contributed by atoms with E-state index < -0.39 is 15.3 Å². The Hall–Kier alpha value is -2.40. The number of nitrogens with zero attached hydrogens (tertiary/aromatic N) is 4. The maximum atomic E-state index is 13.1. The topological polar surface area (TPSA) is 84.7 Å². The Labute approximate surface area is 198 Å². The maximum Gasteiger partial charge on any atom is 0.243 e. The van der Waals surface area contributed by atoms with E-state index in [1.54, 1.807) is 37.2 Å². The number of carbonyl (C=O) groups excluding carboxylic acids is 1. The van der Waals surface area contributed by atoms with Crippen LogP contribution in [0.5, 0.6) is 0 Å². The number of sulfonamides is 1. The fourth-order valence-corrected chi connectivity index (χ4v) is 6.56. The van der Waals surface area contributed by atoms with Crippen molar-refractivity contribution in [2.24, 2.45) is 0 Å². The molecule has 176 valence electrons. The summed E-state index contributed by atoms with van der Waals surface area (Å²) in [5.74, 6) is -0.0310. The molecule has 4 rings (SSSR count). The Morgan fingerprint density at radius 1 is 1.15 bits per heavy atom. The lowest BCUT2D eigenvalue weighted by molar-refractivity contribution is -0.128. The molecule has 1 aliphatic rings. The van der Waals surface area contributed by atoms with Crippen molar-refractivity contribution in [2.45, 2.75) is 28.8 Å². The third-order valence-corrected chi connectivity index (χ3v) is 8.73. The van der Waals surface area contributed by atoms with E-state index in [9.17, 15) is 13.2 Å². The molecule has 0 saturated carbocycles. The van der Waals surface area contributed by atoms with Gasteiger partial charge in [-0.3, -0.25) is 4.79 Å². The molecule has 8 nitrogen and oxygen atoms in total. The van der Waals surface area contributed by atoms with Gasteiger partial charge in [0.25, 0.3) is 0 Å². The number of hydrogen-bond donors (Lipinski definition) is 0. The number of amides is 1. The van der Waals surface area contributed by atoms with Gasteiger partial charge in [0, 0.05) is 33.7 Å². The second-order valence-corrected chi connectivity index (χ2v) is 11.0. The number of fused-ring (bicyclic) bond motifs is 1. The monoisotopic (exact) mass is 488 g/mol. The minimum Gasteiger partial charge on any atom is -0.379 e. The summed E-state index contributed by atoms with van der Waals surface area (Å²) in [5.41, 5.74) is 2.33. The van der Waals surface area contributed by atoms with Crippen LogP contribution in [0, 0.1) is 0 Å². The molecular formula is C23H28N4O4S2. The molecule has 33 heavy (non-hydrogen) atoms. The first-order valence-corrected chi connectivity index (χ1v) is 13.2. The van der Waals surface area contributed by atoms with Crippen LogP contribution in [-0.4, -0.2) is 73.5 Å². The van der Waals surface area contributed by atoms with Gasteiger partial charge in [0.1, 0.15) is 5.25 Å². The standard InChI is InChI=1S/C23H28N4O4S2/c1-4-27-20-11-10-18(33(29,30)26-12-14-31-15-13-26)16-19(20)24-23(27)32-21(22(28)25(2)3)17-8-6-5-7-9-17/h5-11,16,21H,4,12-15H2,1-3H3. The number of rotatable bonds is 7. The Bertz CT molecular complexity index is 1240. The van der Waals surface area contributed by atoms with Crippen LogP contribution >= 0.6 is 11.8 Å². The number of carbonyl (C=O) groups is 1. The largest absolute Gasteiger partial charge is 0.379 e. The summed E-state index contributed by atoms with van der Waals surface area (Å²) in [6.45, 7) is 4.13. The van der Waals surface area contributed by atoms with Gasteiger partial charge in [-0.05, 0) is 30.7 Å². The quantitative estimate of drug-likeness (QED) is 0.476. The first kappa shape index (κ1) is 23.7. The molecule has 2 heterocycles. The van der Waals surface area contributed by atoms with E-state index in [0.717, 1.165) is 11.1 Å². The third-order valence-electron chi connectivity index (χ3n) is 5.60. The van der Waals surface area contributed by atoms with Crippen molar-refractivity contribution in [1.82, 2.24) is 18.8 Å². The molecule has 0 bridgehead atoms. The Morgan fingerprint density at radius 3 is 2.48 bits per heavy atom. The molecule has 1 atom stereocenters. The minimum atomic E-state index is -3.62. The normalized spacial score (nSPS) is 16.1. The SMILES string of the molecule is CCn1c(SC(C(=O)N(C)C)c2ccccc2)nc2cc(S(=O)(=O)N3CCOCC3)ccc21. The van der Waals surface area contributed by atoms with Crippen LogP contribution in [0.25, 0.3) is 11.0 Å². The first-order chi connectivity index (χ1) is 15.8. The summed E-state index contributed by atoms with van der Waals surface area (Å²) >= 11 is 1.38. The highest BCUT2D eigenvalue weighted by Crippen LogP contribution is 2.38. The molecule has 0 spiro atoms. The number of hydrogen-bond acceptors (Lipinski definition) is 6. The molecule has 3 aromatic rings. The number of likely N-dealkylation sites (N-methyl/N-ethyl adjacent to an activating group) is 1. The minimum absolute atomic E-state index is 0.0310. The van der Waals surface area contributed by atoms with Crippen molar-refractivity contribution in [3.8, 4) is 0 Å². The highest BCUT2D eigenvalue weighted by Gasteiger charge is 2.29. The van der Waals surface area contributed by atoms with Gasteiger partial charge in [0.2, 0.25) is 15.9 Å². The lowest BCUT2D eigenvalue weighted by Crippen LogP contribution is -2.40. The molecule has 1 saturated heterocycles. The fraction of sp³-hybridized carbons (Fsp3) is 0.391. The summed E-state index contributed by atoms with van der Waals surface area (Å²) in [6.07, 6.45) is 0. The summed E-state index contributed by atoms with van der Waals surface area (Å²) in [4.78, 5) is 19.6. The first-order valence-electron chi connectivity index (χ1n) is 10.8. The highest BCUT2D eigenvalue weighted by molar-refractivity contribution is 8.00. The van der Waals surface area contributed by atoms with Gasteiger partial charge in [-0.25, -0.2) is 13.4 Å². The molecule has 1 aromatic heterocycles. The van der Waals surface area contributed by atoms with Crippen LogP contribution in [0.3, 0.4) is 0 Å². The summed E-state index contributed by atoms with van der Waals surface area (Å²) < 4.78 is 35.0. The van der Waals surface area contributed by atoms with Gasteiger partial charge in [0.05, 0.1) is 29.1 Å². The molecule has 1 amide bonds. The average Bonchev–Trinajstić information content (AvgIpc) is 3.19. The number of aryl methyl sites for hydroxylation is 1. The molecule has 0 radical (unpaired) electrons. The van der Waals surface area contributed by atoms with Gasteiger partial charge in [-0.1, -0.05) is 42.1 Å². The van der Waals surface area contributed by atoms with Crippen LogP contribution in [0.2, 0.25) is 0 Å². The lowest BCUT2D eigenvalue weighted by atomic mass is 10.1. The smallest absolute Gasteiger partial charge is 0.243 e. The number of thioether (sulfide) groups is 1. The van der Waals surface area contributed by atoms with E-state index in [2.05, 4.69) is 0 Å². The van der Waals surface area contributed by atoms with Gasteiger partial charge in [-0.15, -0.1) is 0 Å². The summed E-state index contributed by atoms with van der Waals surface area (Å²) in [5, 5.41) is 0.220. The van der Waals surface area contributed by atoms with Crippen LogP contribution in [0.15, 0.2) is 58.6 Å². The molecule has 10 heteroatoms. The van der Waals surface area contributed by atoms with Crippen molar-refractivity contribution in [3.05, 3.63) is 54.1 Å². The number of ether oxygens (including phenoxy) is 1. The molecule has 0 N–H and O–H groups in total. The van der Waals surface area contributed by atoms with Crippen molar-refractivity contribution in [2.75, 3.05) is 40.4 Å². The van der Waals surface area contributed by atoms with Crippen molar-refractivity contribution >= 4 is 38.7 Å². The number of imidazole rings is 1. The maximum absolute atomic E-state index is 13.1. The molecule has 2 aromatic carbocycles. The van der Waals surface area contributed by atoms with Crippen LogP contribution in [-0.2, 0) is 26.1 Å². The summed E-state index contributed by atoms with van der Waals surface area (Å²) in [7, 11) is -0.137. The van der Waals surface area contributed by atoms with Crippen LogP contribution in [0.4, 0.5) is 0 Å². The zero-order valence-electron chi connectivity index (χ0n) is 19.0. The van der Waals surface area contributed by atoms with E-state index in [1.165, 1.54) is 16.1 Å². The number of benzene rings is 2. The van der Waals surface area contributed by atoms with E-state index in [1.807, 2.05) is 41.8 Å². The average molecular weight is 489 g/mol. The second-order valence-electron chi connectivity index (χ2n) is 7.95. The third kappa shape index (κ3) is 4.79. The summed E-state index contributed by atoms with van der Waals surface area (Å²) in [6, 6.07) is 14.7. The fourth-order valence-electron chi connectivity index (χ4n) is 3.81. The van der Waals surface area contributed by atoms with Crippen LogP contribution < -0.4 is 0 Å². The Kier molecular flexibility index (Phi) is 7.08. The zero-order chi connectivity index (χ0) is 23.6. The van der Waals surface area contributed by atoms with E-state index >= 15 is 0 Å².